The molecule has 3 aromatic rings. The van der Waals surface area contributed by atoms with Gasteiger partial charge in [-0.2, -0.15) is 5.21 Å². The summed E-state index contributed by atoms with van der Waals surface area (Å²) in [6.45, 7) is 2.47. The van der Waals surface area contributed by atoms with Gasteiger partial charge >= 0.3 is 0 Å². The van der Waals surface area contributed by atoms with Gasteiger partial charge in [-0.25, -0.2) is 0 Å². The second-order valence-electron chi connectivity index (χ2n) is 5.95. The van der Waals surface area contributed by atoms with E-state index in [1.54, 1.807) is 36.4 Å². The summed E-state index contributed by atoms with van der Waals surface area (Å²) in [6.07, 6.45) is 0.285. The monoisotopic (exact) mass is 382 g/mol. The van der Waals surface area contributed by atoms with Crippen molar-refractivity contribution in [2.45, 2.75) is 19.3 Å². The number of amides is 1. The van der Waals surface area contributed by atoms with Crippen LogP contribution >= 0.6 is 0 Å². The van der Waals surface area contributed by atoms with Gasteiger partial charge in [-0.1, -0.05) is 6.07 Å². The van der Waals surface area contributed by atoms with E-state index in [9.17, 15) is 9.90 Å². The molecule has 9 heteroatoms. The molecular formula is C19H20N5O4-. The van der Waals surface area contributed by atoms with Gasteiger partial charge in [0.15, 0.2) is 11.5 Å². The quantitative estimate of drug-likeness (QED) is 0.606. The number of hydrogen-bond donors (Lipinski definition) is 2. The summed E-state index contributed by atoms with van der Waals surface area (Å²) in [7, 11) is 1.46. The van der Waals surface area contributed by atoms with E-state index in [1.165, 1.54) is 13.2 Å². The minimum absolute atomic E-state index is 0.0227. The average molecular weight is 382 g/mol. The lowest BCUT2D eigenvalue weighted by Crippen LogP contribution is -2.24. The normalized spacial score (nSPS) is 11.6. The van der Waals surface area contributed by atoms with Crippen molar-refractivity contribution in [2.24, 2.45) is 0 Å². The molecule has 28 heavy (non-hydrogen) atoms. The van der Waals surface area contributed by atoms with Crippen LogP contribution < -0.4 is 19.9 Å². The van der Waals surface area contributed by atoms with Gasteiger partial charge in [-0.15, -0.1) is 0 Å². The minimum atomic E-state index is -0.712. The number of hydrogen-bond acceptors (Lipinski definition) is 7. The SMILES string of the molecule is CCOc1ccc(NC(=O)[C@H](Cc2ccc(O)c(OC)c2)c2nnn[n-]2)cc1. The number of tetrazole rings is 1. The zero-order valence-corrected chi connectivity index (χ0v) is 15.5. The van der Waals surface area contributed by atoms with Gasteiger partial charge in [0, 0.05) is 11.5 Å². The first-order valence-electron chi connectivity index (χ1n) is 8.69. The highest BCUT2D eigenvalue weighted by Crippen LogP contribution is 2.29. The number of carbonyl (C=O) groups is 1. The van der Waals surface area contributed by atoms with Crippen LogP contribution in [-0.2, 0) is 11.2 Å². The summed E-state index contributed by atoms with van der Waals surface area (Å²) >= 11 is 0. The maximum Gasteiger partial charge on any atom is 0.232 e. The Morgan fingerprint density at radius 1 is 1.25 bits per heavy atom. The van der Waals surface area contributed by atoms with Gasteiger partial charge in [0.2, 0.25) is 5.91 Å². The summed E-state index contributed by atoms with van der Waals surface area (Å²) in [5, 5.41) is 27.3. The van der Waals surface area contributed by atoms with Gasteiger partial charge < -0.3 is 25.0 Å². The molecule has 2 N–H and O–H groups in total. The van der Waals surface area contributed by atoms with Crippen LogP contribution in [-0.4, -0.2) is 40.3 Å². The Labute approximate surface area is 161 Å². The van der Waals surface area contributed by atoms with E-state index in [0.29, 0.717) is 18.0 Å². The maximum atomic E-state index is 12.9. The van der Waals surface area contributed by atoms with Crippen molar-refractivity contribution in [2.75, 3.05) is 19.0 Å². The topological polar surface area (TPSA) is 121 Å². The molecule has 1 amide bonds. The molecule has 1 heterocycles. The van der Waals surface area contributed by atoms with Crippen molar-refractivity contribution >= 4 is 11.6 Å². The molecule has 1 aromatic heterocycles. The molecule has 0 saturated carbocycles. The number of aromatic nitrogens is 4. The number of anilines is 1. The first kappa shape index (κ1) is 19.2. The molecule has 9 nitrogen and oxygen atoms in total. The third-order valence-corrected chi connectivity index (χ3v) is 4.08. The van der Waals surface area contributed by atoms with Crippen molar-refractivity contribution in [1.29, 1.82) is 0 Å². The van der Waals surface area contributed by atoms with E-state index in [1.807, 2.05) is 6.92 Å². The van der Waals surface area contributed by atoms with Crippen LogP contribution in [0, 0.1) is 0 Å². The summed E-state index contributed by atoms with van der Waals surface area (Å²) < 4.78 is 10.5. The van der Waals surface area contributed by atoms with Crippen LogP contribution in [0.5, 0.6) is 17.2 Å². The molecule has 0 radical (unpaired) electrons. The second-order valence-corrected chi connectivity index (χ2v) is 5.95. The van der Waals surface area contributed by atoms with Crippen molar-refractivity contribution in [3.63, 3.8) is 0 Å². The van der Waals surface area contributed by atoms with Crippen molar-refractivity contribution < 1.29 is 19.4 Å². The molecule has 0 aliphatic rings. The van der Waals surface area contributed by atoms with E-state index < -0.39 is 5.92 Å². The number of methoxy groups -OCH3 is 1. The molecular weight excluding hydrogens is 362 g/mol. The molecule has 0 saturated heterocycles. The zero-order valence-electron chi connectivity index (χ0n) is 15.5. The summed E-state index contributed by atoms with van der Waals surface area (Å²) in [5.74, 6) is 0.274. The first-order valence-corrected chi connectivity index (χ1v) is 8.69. The number of phenols is 1. The Kier molecular flexibility index (Phi) is 6.05. The fraction of sp³-hybridized carbons (Fsp3) is 0.263. The molecule has 3 rings (SSSR count). The van der Waals surface area contributed by atoms with Crippen molar-refractivity contribution in [3.05, 3.63) is 53.9 Å². The van der Waals surface area contributed by atoms with Crippen LogP contribution in [0.3, 0.4) is 0 Å². The lowest BCUT2D eigenvalue weighted by Gasteiger charge is -2.18. The Morgan fingerprint density at radius 3 is 2.68 bits per heavy atom. The fourth-order valence-corrected chi connectivity index (χ4v) is 2.71. The number of ether oxygens (including phenoxy) is 2. The Morgan fingerprint density at radius 2 is 2.04 bits per heavy atom. The minimum Gasteiger partial charge on any atom is -0.504 e. The highest BCUT2D eigenvalue weighted by atomic mass is 16.5. The van der Waals surface area contributed by atoms with Crippen LogP contribution in [0.25, 0.3) is 0 Å². The number of rotatable bonds is 8. The average Bonchev–Trinajstić information content (AvgIpc) is 3.23. The Bertz CT molecular complexity index is 913. The molecule has 1 atom stereocenters. The lowest BCUT2D eigenvalue weighted by atomic mass is 9.97. The van der Waals surface area contributed by atoms with Crippen LogP contribution in [0.1, 0.15) is 24.2 Å². The van der Waals surface area contributed by atoms with E-state index in [-0.39, 0.29) is 23.9 Å². The smallest absolute Gasteiger partial charge is 0.232 e. The predicted molar refractivity (Wildman–Crippen MR) is 100 cm³/mol. The zero-order chi connectivity index (χ0) is 19.9. The summed E-state index contributed by atoms with van der Waals surface area (Å²) in [5.41, 5.74) is 1.39. The number of phenolic OH excluding ortho intramolecular Hbond substituents is 1. The maximum absolute atomic E-state index is 12.9. The predicted octanol–water partition coefficient (Wildman–Crippen LogP) is 1.91. The molecule has 2 aromatic carbocycles. The van der Waals surface area contributed by atoms with E-state index in [0.717, 1.165) is 11.3 Å². The number of benzene rings is 2. The first-order chi connectivity index (χ1) is 13.6. The Balaban J connectivity index is 1.79. The second kappa shape index (κ2) is 8.85. The largest absolute Gasteiger partial charge is 0.504 e. The fourth-order valence-electron chi connectivity index (χ4n) is 2.71. The molecule has 0 aliphatic heterocycles. The summed E-state index contributed by atoms with van der Waals surface area (Å²) in [6, 6.07) is 12.0. The number of aromatic hydroxyl groups is 1. The van der Waals surface area contributed by atoms with E-state index in [4.69, 9.17) is 9.47 Å². The number of nitrogens with one attached hydrogen (secondary N) is 1. The summed E-state index contributed by atoms with van der Waals surface area (Å²) in [4.78, 5) is 12.9. The van der Waals surface area contributed by atoms with Crippen LogP contribution in [0.2, 0.25) is 0 Å². The molecule has 0 fully saturated rings. The number of carbonyl (C=O) groups excluding carboxylic acids is 1. The standard InChI is InChI=1S/C19H21N5O4/c1-3-28-14-7-5-13(6-8-14)20-19(26)15(18-21-23-24-22-18)10-12-4-9-16(25)17(11-12)27-2/h4-9,11,15H,3,10H2,1-2H3,(H3,20,21,22,23,24,25,26)/p-1/t15-/m1/s1. The third kappa shape index (κ3) is 4.56. The van der Waals surface area contributed by atoms with Crippen LogP contribution in [0.15, 0.2) is 42.5 Å². The highest BCUT2D eigenvalue weighted by Gasteiger charge is 2.22. The van der Waals surface area contributed by atoms with Gasteiger partial charge in [-0.3, -0.25) is 15.1 Å². The van der Waals surface area contributed by atoms with Crippen molar-refractivity contribution in [1.82, 2.24) is 20.6 Å². The highest BCUT2D eigenvalue weighted by molar-refractivity contribution is 5.95. The van der Waals surface area contributed by atoms with Gasteiger partial charge in [0.05, 0.1) is 19.6 Å². The van der Waals surface area contributed by atoms with Crippen LogP contribution in [0.4, 0.5) is 5.69 Å². The molecule has 146 valence electrons. The molecule has 0 spiro atoms. The molecule has 0 aliphatic carbocycles. The third-order valence-electron chi connectivity index (χ3n) is 4.08. The Hall–Kier alpha value is -3.62. The van der Waals surface area contributed by atoms with Gasteiger partial charge in [-0.05, 0) is 55.3 Å². The van der Waals surface area contributed by atoms with Gasteiger partial charge in [0.1, 0.15) is 5.75 Å². The van der Waals surface area contributed by atoms with Crippen molar-refractivity contribution in [3.8, 4) is 17.2 Å². The van der Waals surface area contributed by atoms with E-state index >= 15 is 0 Å². The molecule has 0 unspecified atom stereocenters. The molecule has 0 bridgehead atoms. The number of nitrogens with zero attached hydrogens (tertiary/aromatic N) is 4. The lowest BCUT2D eigenvalue weighted by molar-refractivity contribution is -0.117. The van der Waals surface area contributed by atoms with E-state index in [2.05, 4.69) is 25.9 Å². The van der Waals surface area contributed by atoms with Gasteiger partial charge in [0.25, 0.3) is 0 Å².